The fraction of sp³-hybridized carbons (Fsp3) is 0.462. The van der Waals surface area contributed by atoms with Crippen molar-refractivity contribution in [2.75, 3.05) is 5.32 Å². The summed E-state index contributed by atoms with van der Waals surface area (Å²) in [6, 6.07) is 4.41. The van der Waals surface area contributed by atoms with Crippen LogP contribution < -0.4 is 5.32 Å². The van der Waals surface area contributed by atoms with Crippen LogP contribution >= 0.6 is 15.9 Å². The topological polar surface area (TPSA) is 58.6 Å². The second-order valence-corrected chi connectivity index (χ2v) is 5.03. The number of esters is 1. The van der Waals surface area contributed by atoms with E-state index in [1.54, 1.807) is 6.07 Å². The quantitative estimate of drug-likeness (QED) is 0.620. The number of carbonyl (C=O) groups is 1. The minimum atomic E-state index is -0.910. The van der Waals surface area contributed by atoms with Gasteiger partial charge in [-0.15, -0.1) is 0 Å². The zero-order valence-corrected chi connectivity index (χ0v) is 12.4. The van der Waals surface area contributed by atoms with Crippen molar-refractivity contribution in [3.63, 3.8) is 0 Å². The smallest absolute Gasteiger partial charge is 0.307 e. The highest BCUT2D eigenvalue weighted by atomic mass is 79.9. The third-order valence-electron chi connectivity index (χ3n) is 2.38. The first kappa shape index (κ1) is 15.9. The molecule has 0 saturated carbocycles. The van der Waals surface area contributed by atoms with Gasteiger partial charge in [-0.1, -0.05) is 6.92 Å². The summed E-state index contributed by atoms with van der Waals surface area (Å²) in [7, 11) is 0. The van der Waals surface area contributed by atoms with Gasteiger partial charge in [0.2, 0.25) is 0 Å². The van der Waals surface area contributed by atoms with Crippen molar-refractivity contribution in [1.29, 1.82) is 0 Å². The summed E-state index contributed by atoms with van der Waals surface area (Å²) in [4.78, 5) is 11.4. The monoisotopic (exact) mass is 333 g/mol. The lowest BCUT2D eigenvalue weighted by molar-refractivity contribution is -0.152. The summed E-state index contributed by atoms with van der Waals surface area (Å²) in [5.74, 6) is -0.840. The number of ether oxygens (including phenoxy) is 1. The van der Waals surface area contributed by atoms with Gasteiger partial charge < -0.3 is 15.2 Å². The molecule has 0 heterocycles. The maximum atomic E-state index is 13.4. The zero-order valence-electron chi connectivity index (χ0n) is 10.8. The molecule has 6 heteroatoms. The average Bonchev–Trinajstić information content (AvgIpc) is 2.33. The number of halogens is 2. The summed E-state index contributed by atoms with van der Waals surface area (Å²) in [6.45, 7) is 3.35. The van der Waals surface area contributed by atoms with Crippen LogP contribution in [0.5, 0.6) is 0 Å². The van der Waals surface area contributed by atoms with Crippen LogP contribution in [0.15, 0.2) is 22.7 Å². The molecule has 2 atom stereocenters. The predicted octanol–water partition coefficient (Wildman–Crippen LogP) is 3.05. The van der Waals surface area contributed by atoms with Gasteiger partial charge in [-0.25, -0.2) is 4.39 Å². The number of hydrogen-bond donors (Lipinski definition) is 2. The summed E-state index contributed by atoms with van der Waals surface area (Å²) < 4.78 is 18.8. The molecule has 0 aromatic heterocycles. The molecule has 4 nitrogen and oxygen atoms in total. The van der Waals surface area contributed by atoms with E-state index in [9.17, 15) is 14.3 Å². The summed E-state index contributed by atoms with van der Waals surface area (Å²) in [5.41, 5.74) is 0.427. The van der Waals surface area contributed by atoms with E-state index >= 15 is 0 Å². The first-order valence-electron chi connectivity index (χ1n) is 6.03. The predicted molar refractivity (Wildman–Crippen MR) is 74.2 cm³/mol. The molecule has 0 amide bonds. The standard InChI is InChI=1S/C13H17BrFNO3/c1-3-4-12(18)19-13(8(2)17)16-9-5-6-10(14)11(15)7-9/h5-8,13,16-17H,3-4H2,1-2H3/t8-,13?/m1/s1. The lowest BCUT2D eigenvalue weighted by Crippen LogP contribution is -2.36. The first-order valence-corrected chi connectivity index (χ1v) is 6.82. The van der Waals surface area contributed by atoms with Crippen molar-refractivity contribution >= 4 is 27.6 Å². The maximum absolute atomic E-state index is 13.4. The lowest BCUT2D eigenvalue weighted by Gasteiger charge is -2.22. The Hall–Kier alpha value is -1.14. The molecular weight excluding hydrogens is 317 g/mol. The van der Waals surface area contributed by atoms with Crippen LogP contribution in [0.4, 0.5) is 10.1 Å². The number of hydrogen-bond acceptors (Lipinski definition) is 4. The Bertz CT molecular complexity index is 440. The van der Waals surface area contributed by atoms with Crippen LogP contribution in [0.2, 0.25) is 0 Å². The van der Waals surface area contributed by atoms with E-state index in [0.29, 0.717) is 16.6 Å². The van der Waals surface area contributed by atoms with Crippen molar-refractivity contribution in [2.24, 2.45) is 0 Å². The molecule has 0 bridgehead atoms. The summed E-state index contributed by atoms with van der Waals surface area (Å²) >= 11 is 3.05. The second-order valence-electron chi connectivity index (χ2n) is 4.17. The molecule has 1 aromatic carbocycles. The fourth-order valence-corrected chi connectivity index (χ4v) is 1.65. The number of anilines is 1. The van der Waals surface area contributed by atoms with E-state index in [4.69, 9.17) is 4.74 Å². The molecule has 0 aliphatic rings. The van der Waals surface area contributed by atoms with Crippen LogP contribution in [0.3, 0.4) is 0 Å². The van der Waals surface area contributed by atoms with Gasteiger partial charge in [0.25, 0.3) is 0 Å². The number of aliphatic hydroxyl groups is 1. The lowest BCUT2D eigenvalue weighted by atomic mass is 10.2. The molecule has 1 unspecified atom stereocenters. The molecular formula is C13H17BrFNO3. The molecule has 2 N–H and O–H groups in total. The molecule has 0 aliphatic carbocycles. The molecule has 0 fully saturated rings. The molecule has 0 spiro atoms. The second kappa shape index (κ2) is 7.45. The Kier molecular flexibility index (Phi) is 6.24. The Morgan fingerprint density at radius 2 is 2.26 bits per heavy atom. The van der Waals surface area contributed by atoms with E-state index in [1.165, 1.54) is 19.1 Å². The molecule has 106 valence electrons. The molecule has 0 aliphatic heterocycles. The molecule has 1 aromatic rings. The van der Waals surface area contributed by atoms with Gasteiger partial charge in [0.05, 0.1) is 4.47 Å². The van der Waals surface area contributed by atoms with Crippen molar-refractivity contribution in [2.45, 2.75) is 39.0 Å². The SMILES string of the molecule is CCCC(=O)OC(Nc1ccc(Br)c(F)c1)[C@@H](C)O. The Balaban J connectivity index is 2.72. The zero-order chi connectivity index (χ0) is 14.4. The Morgan fingerprint density at radius 3 is 2.79 bits per heavy atom. The van der Waals surface area contributed by atoms with Crippen LogP contribution in [-0.4, -0.2) is 23.4 Å². The molecule has 1 rings (SSSR count). The number of aliphatic hydroxyl groups excluding tert-OH is 1. The van der Waals surface area contributed by atoms with Gasteiger partial charge in [-0.05, 0) is 47.5 Å². The average molecular weight is 334 g/mol. The van der Waals surface area contributed by atoms with Crippen molar-refractivity contribution in [3.8, 4) is 0 Å². The number of nitrogens with one attached hydrogen (secondary N) is 1. The van der Waals surface area contributed by atoms with E-state index in [-0.39, 0.29) is 6.42 Å². The maximum Gasteiger partial charge on any atom is 0.307 e. The van der Waals surface area contributed by atoms with Crippen LogP contribution in [0.25, 0.3) is 0 Å². The van der Waals surface area contributed by atoms with E-state index in [1.807, 2.05) is 6.92 Å². The van der Waals surface area contributed by atoms with Gasteiger partial charge in [-0.3, -0.25) is 4.79 Å². The molecule has 0 radical (unpaired) electrons. The van der Waals surface area contributed by atoms with Crippen molar-refractivity contribution < 1.29 is 19.0 Å². The van der Waals surface area contributed by atoms with Gasteiger partial charge in [0.1, 0.15) is 11.9 Å². The summed E-state index contributed by atoms with van der Waals surface area (Å²) in [5, 5.41) is 12.4. The molecule has 0 saturated heterocycles. The van der Waals surface area contributed by atoms with Crippen molar-refractivity contribution in [3.05, 3.63) is 28.5 Å². The van der Waals surface area contributed by atoms with Crippen LogP contribution in [0, 0.1) is 5.82 Å². The molecule has 19 heavy (non-hydrogen) atoms. The van der Waals surface area contributed by atoms with Gasteiger partial charge >= 0.3 is 5.97 Å². The highest BCUT2D eigenvalue weighted by Gasteiger charge is 2.19. The van der Waals surface area contributed by atoms with E-state index in [0.717, 1.165) is 0 Å². The largest absolute Gasteiger partial charge is 0.439 e. The number of rotatable bonds is 6. The number of benzene rings is 1. The normalized spacial score (nSPS) is 13.7. The van der Waals surface area contributed by atoms with E-state index in [2.05, 4.69) is 21.2 Å². The van der Waals surface area contributed by atoms with Crippen LogP contribution in [0.1, 0.15) is 26.7 Å². The minimum absolute atomic E-state index is 0.277. The Morgan fingerprint density at radius 1 is 1.58 bits per heavy atom. The van der Waals surface area contributed by atoms with Crippen molar-refractivity contribution in [1.82, 2.24) is 0 Å². The fourth-order valence-electron chi connectivity index (χ4n) is 1.40. The summed E-state index contributed by atoms with van der Waals surface area (Å²) in [6.07, 6.45) is -0.870. The number of carbonyl (C=O) groups excluding carboxylic acids is 1. The van der Waals surface area contributed by atoms with Crippen LogP contribution in [-0.2, 0) is 9.53 Å². The minimum Gasteiger partial charge on any atom is -0.439 e. The third-order valence-corrected chi connectivity index (χ3v) is 3.02. The van der Waals surface area contributed by atoms with Gasteiger partial charge in [0.15, 0.2) is 6.23 Å². The van der Waals surface area contributed by atoms with Gasteiger partial charge in [0, 0.05) is 12.1 Å². The highest BCUT2D eigenvalue weighted by Crippen LogP contribution is 2.20. The van der Waals surface area contributed by atoms with Gasteiger partial charge in [-0.2, -0.15) is 0 Å². The van der Waals surface area contributed by atoms with E-state index < -0.39 is 24.1 Å². The first-order chi connectivity index (χ1) is 8.93. The highest BCUT2D eigenvalue weighted by molar-refractivity contribution is 9.10. The third kappa shape index (κ3) is 5.16. The Labute approximate surface area is 120 Å².